The standard InChI is InChI=1S/C13H16N2O2/c1-17-13(16)15-8-9-6-14-7-11(9)10-4-2-3-5-12(10)15/h2-5,9,11,14H,6-8H2,1H3/t9-,11+/m1/s1. The predicted octanol–water partition coefficient (Wildman–Crippen LogP) is 1.58. The molecule has 90 valence electrons. The van der Waals surface area contributed by atoms with Crippen LogP contribution in [0.4, 0.5) is 10.5 Å². The van der Waals surface area contributed by atoms with Crippen molar-refractivity contribution in [3.8, 4) is 0 Å². The molecule has 1 aromatic carbocycles. The molecule has 2 heterocycles. The molecule has 0 spiro atoms. The van der Waals surface area contributed by atoms with Gasteiger partial charge in [0.05, 0.1) is 12.8 Å². The Morgan fingerprint density at radius 1 is 1.41 bits per heavy atom. The monoisotopic (exact) mass is 232 g/mol. The second-order valence-electron chi connectivity index (χ2n) is 4.66. The van der Waals surface area contributed by atoms with Crippen molar-refractivity contribution in [3.63, 3.8) is 0 Å². The molecule has 0 radical (unpaired) electrons. The summed E-state index contributed by atoms with van der Waals surface area (Å²) < 4.78 is 4.86. The van der Waals surface area contributed by atoms with Gasteiger partial charge in [0.15, 0.2) is 0 Å². The number of nitrogens with one attached hydrogen (secondary N) is 1. The molecule has 0 aromatic heterocycles. The van der Waals surface area contributed by atoms with E-state index in [1.165, 1.54) is 12.7 Å². The Bertz CT molecular complexity index is 447. The van der Waals surface area contributed by atoms with Crippen molar-refractivity contribution >= 4 is 11.8 Å². The third kappa shape index (κ3) is 1.60. The fourth-order valence-corrected chi connectivity index (χ4v) is 2.95. The zero-order valence-electron chi connectivity index (χ0n) is 9.85. The van der Waals surface area contributed by atoms with Gasteiger partial charge in [0.25, 0.3) is 0 Å². The fourth-order valence-electron chi connectivity index (χ4n) is 2.95. The van der Waals surface area contributed by atoms with E-state index in [2.05, 4.69) is 11.4 Å². The van der Waals surface area contributed by atoms with Crippen molar-refractivity contribution in [1.82, 2.24) is 5.32 Å². The molecule has 2 atom stereocenters. The first-order chi connectivity index (χ1) is 8.31. The van der Waals surface area contributed by atoms with Gasteiger partial charge in [-0.05, 0) is 17.5 Å². The Labute approximate surface area is 101 Å². The maximum absolute atomic E-state index is 11.8. The van der Waals surface area contributed by atoms with Crippen LogP contribution in [0.15, 0.2) is 24.3 Å². The summed E-state index contributed by atoms with van der Waals surface area (Å²) in [4.78, 5) is 13.6. The molecule has 1 saturated heterocycles. The maximum atomic E-state index is 11.8. The molecular formula is C13H16N2O2. The number of nitrogens with zero attached hydrogens (tertiary/aromatic N) is 1. The van der Waals surface area contributed by atoms with Gasteiger partial charge in [-0.3, -0.25) is 4.90 Å². The van der Waals surface area contributed by atoms with Crippen LogP contribution in [0.3, 0.4) is 0 Å². The fraction of sp³-hybridized carbons (Fsp3) is 0.462. The Kier molecular flexibility index (Phi) is 2.52. The van der Waals surface area contributed by atoms with Crippen molar-refractivity contribution in [2.75, 3.05) is 31.6 Å². The van der Waals surface area contributed by atoms with E-state index in [-0.39, 0.29) is 6.09 Å². The lowest BCUT2D eigenvalue weighted by Gasteiger charge is -2.35. The summed E-state index contributed by atoms with van der Waals surface area (Å²) in [6, 6.07) is 8.13. The molecule has 1 fully saturated rings. The van der Waals surface area contributed by atoms with E-state index in [1.54, 1.807) is 4.90 Å². The quantitative estimate of drug-likeness (QED) is 0.738. The minimum atomic E-state index is -0.261. The number of fused-ring (bicyclic) bond motifs is 3. The van der Waals surface area contributed by atoms with Crippen LogP contribution in [0.5, 0.6) is 0 Å². The molecule has 1 N–H and O–H groups in total. The van der Waals surface area contributed by atoms with Gasteiger partial charge in [-0.25, -0.2) is 4.79 Å². The van der Waals surface area contributed by atoms with E-state index in [0.29, 0.717) is 11.8 Å². The van der Waals surface area contributed by atoms with Gasteiger partial charge in [-0.1, -0.05) is 18.2 Å². The highest BCUT2D eigenvalue weighted by atomic mass is 16.5. The lowest BCUT2D eigenvalue weighted by atomic mass is 9.84. The largest absolute Gasteiger partial charge is 0.452 e. The van der Waals surface area contributed by atoms with Crippen molar-refractivity contribution in [1.29, 1.82) is 0 Å². The van der Waals surface area contributed by atoms with Crippen LogP contribution in [-0.4, -0.2) is 32.8 Å². The van der Waals surface area contributed by atoms with E-state index in [0.717, 1.165) is 25.3 Å². The van der Waals surface area contributed by atoms with Crippen molar-refractivity contribution < 1.29 is 9.53 Å². The highest BCUT2D eigenvalue weighted by molar-refractivity contribution is 5.89. The van der Waals surface area contributed by atoms with E-state index in [4.69, 9.17) is 4.74 Å². The number of methoxy groups -OCH3 is 1. The SMILES string of the molecule is COC(=O)N1C[C@H]2CNC[C@@H]2c2ccccc21. The lowest BCUT2D eigenvalue weighted by Crippen LogP contribution is -2.41. The van der Waals surface area contributed by atoms with Gasteiger partial charge < -0.3 is 10.1 Å². The van der Waals surface area contributed by atoms with Crippen molar-refractivity contribution in [2.45, 2.75) is 5.92 Å². The zero-order valence-corrected chi connectivity index (χ0v) is 9.85. The van der Waals surface area contributed by atoms with Crippen LogP contribution < -0.4 is 10.2 Å². The number of benzene rings is 1. The first kappa shape index (κ1) is 10.6. The van der Waals surface area contributed by atoms with E-state index in [1.807, 2.05) is 18.2 Å². The summed E-state index contributed by atoms with van der Waals surface area (Å²) in [6.07, 6.45) is -0.261. The molecule has 4 nitrogen and oxygen atoms in total. The average molecular weight is 232 g/mol. The van der Waals surface area contributed by atoms with Crippen LogP contribution in [0.2, 0.25) is 0 Å². The maximum Gasteiger partial charge on any atom is 0.414 e. The minimum absolute atomic E-state index is 0.261. The number of hydrogen-bond acceptors (Lipinski definition) is 3. The zero-order chi connectivity index (χ0) is 11.8. The number of para-hydroxylation sites is 1. The van der Waals surface area contributed by atoms with E-state index >= 15 is 0 Å². The second-order valence-corrected chi connectivity index (χ2v) is 4.66. The Hall–Kier alpha value is -1.55. The number of carbonyl (C=O) groups excluding carboxylic acids is 1. The molecule has 1 aromatic rings. The molecule has 2 aliphatic heterocycles. The lowest BCUT2D eigenvalue weighted by molar-refractivity contribution is 0.176. The van der Waals surface area contributed by atoms with Crippen molar-refractivity contribution in [2.24, 2.45) is 5.92 Å². The molecule has 2 aliphatic rings. The van der Waals surface area contributed by atoms with Crippen LogP contribution in [-0.2, 0) is 4.74 Å². The number of anilines is 1. The summed E-state index contributed by atoms with van der Waals surface area (Å²) in [5, 5.41) is 3.40. The molecule has 4 heteroatoms. The Balaban J connectivity index is 2.04. The number of hydrogen-bond donors (Lipinski definition) is 1. The molecule has 0 saturated carbocycles. The summed E-state index contributed by atoms with van der Waals surface area (Å²) in [6.45, 7) is 2.74. The van der Waals surface area contributed by atoms with Gasteiger partial charge in [0.2, 0.25) is 0 Å². The molecule has 1 amide bonds. The Morgan fingerprint density at radius 3 is 3.06 bits per heavy atom. The van der Waals surface area contributed by atoms with Gasteiger partial charge >= 0.3 is 6.09 Å². The van der Waals surface area contributed by atoms with Crippen LogP contribution in [0.25, 0.3) is 0 Å². The van der Waals surface area contributed by atoms with Crippen LogP contribution >= 0.6 is 0 Å². The summed E-state index contributed by atoms with van der Waals surface area (Å²) in [7, 11) is 1.43. The van der Waals surface area contributed by atoms with E-state index < -0.39 is 0 Å². The highest BCUT2D eigenvalue weighted by Crippen LogP contribution is 2.40. The van der Waals surface area contributed by atoms with Gasteiger partial charge in [-0.15, -0.1) is 0 Å². The molecule has 3 rings (SSSR count). The molecule has 0 unspecified atom stereocenters. The number of rotatable bonds is 0. The third-order valence-corrected chi connectivity index (χ3v) is 3.78. The first-order valence-corrected chi connectivity index (χ1v) is 5.96. The van der Waals surface area contributed by atoms with Crippen LogP contribution in [0.1, 0.15) is 11.5 Å². The molecule has 17 heavy (non-hydrogen) atoms. The predicted molar refractivity (Wildman–Crippen MR) is 65.3 cm³/mol. The summed E-state index contributed by atoms with van der Waals surface area (Å²) in [5.41, 5.74) is 2.27. The van der Waals surface area contributed by atoms with Crippen molar-refractivity contribution in [3.05, 3.63) is 29.8 Å². The topological polar surface area (TPSA) is 41.6 Å². The molecular weight excluding hydrogens is 216 g/mol. The molecule has 0 bridgehead atoms. The average Bonchev–Trinajstić information content (AvgIpc) is 2.85. The van der Waals surface area contributed by atoms with Crippen LogP contribution in [0, 0.1) is 5.92 Å². The number of ether oxygens (including phenoxy) is 1. The minimum Gasteiger partial charge on any atom is -0.452 e. The summed E-state index contributed by atoms with van der Waals surface area (Å²) >= 11 is 0. The Morgan fingerprint density at radius 2 is 2.24 bits per heavy atom. The number of carbonyl (C=O) groups is 1. The third-order valence-electron chi connectivity index (χ3n) is 3.78. The van der Waals surface area contributed by atoms with Gasteiger partial charge in [0, 0.05) is 25.6 Å². The molecule has 0 aliphatic carbocycles. The van der Waals surface area contributed by atoms with E-state index in [9.17, 15) is 4.79 Å². The smallest absolute Gasteiger partial charge is 0.414 e. The number of amides is 1. The second kappa shape index (κ2) is 4.04. The highest BCUT2D eigenvalue weighted by Gasteiger charge is 2.38. The normalized spacial score (nSPS) is 26.3. The van der Waals surface area contributed by atoms with Gasteiger partial charge in [0.1, 0.15) is 0 Å². The first-order valence-electron chi connectivity index (χ1n) is 5.96. The summed E-state index contributed by atoms with van der Waals surface area (Å²) in [5.74, 6) is 1.04. The van der Waals surface area contributed by atoms with Gasteiger partial charge in [-0.2, -0.15) is 0 Å².